The number of anilines is 1. The van der Waals surface area contributed by atoms with Crippen molar-refractivity contribution in [3.63, 3.8) is 0 Å². The summed E-state index contributed by atoms with van der Waals surface area (Å²) in [6.45, 7) is 7.28. The fourth-order valence-corrected chi connectivity index (χ4v) is 3.01. The Bertz CT molecular complexity index is 664. The van der Waals surface area contributed by atoms with Crippen molar-refractivity contribution in [1.82, 2.24) is 4.90 Å². The normalized spacial score (nSPS) is 16.3. The third-order valence-corrected chi connectivity index (χ3v) is 4.23. The van der Waals surface area contributed by atoms with Crippen LogP contribution in [0.15, 0.2) is 36.4 Å². The maximum atomic E-state index is 11.2. The van der Waals surface area contributed by atoms with Crippen LogP contribution >= 0.6 is 0 Å². The molecular weight excluding hydrogens is 266 g/mol. The molecule has 0 aromatic heterocycles. The zero-order valence-electron chi connectivity index (χ0n) is 12.2. The fraction of sp³-hybridized carbons (Fsp3) is 0.375. The van der Waals surface area contributed by atoms with Gasteiger partial charge in [0, 0.05) is 43.3 Å². The number of likely N-dealkylation sites (N-methyl/N-ethyl adjacent to an activating group) is 1. The highest BCUT2D eigenvalue weighted by Crippen LogP contribution is 2.33. The Balaban J connectivity index is 2.00. The molecule has 0 amide bonds. The fourth-order valence-electron chi connectivity index (χ4n) is 3.01. The average Bonchev–Trinajstić information content (AvgIpc) is 2.54. The molecule has 0 radical (unpaired) electrons. The van der Waals surface area contributed by atoms with E-state index in [1.807, 2.05) is 30.3 Å². The van der Waals surface area contributed by atoms with E-state index in [1.54, 1.807) is 6.07 Å². The molecule has 2 aromatic carbocycles. The number of piperazine rings is 1. The van der Waals surface area contributed by atoms with Crippen molar-refractivity contribution in [1.29, 1.82) is 0 Å². The zero-order valence-corrected chi connectivity index (χ0v) is 12.2. The molecule has 0 aliphatic carbocycles. The van der Waals surface area contributed by atoms with Gasteiger partial charge in [-0.1, -0.05) is 25.1 Å². The van der Waals surface area contributed by atoms with E-state index >= 15 is 0 Å². The van der Waals surface area contributed by atoms with Crippen molar-refractivity contribution < 1.29 is 4.92 Å². The molecule has 1 aliphatic rings. The molecule has 0 N–H and O–H groups in total. The van der Waals surface area contributed by atoms with E-state index in [0.717, 1.165) is 49.2 Å². The van der Waals surface area contributed by atoms with Gasteiger partial charge in [-0.3, -0.25) is 10.1 Å². The number of nitro benzene ring substituents is 1. The van der Waals surface area contributed by atoms with Crippen molar-refractivity contribution in [3.05, 3.63) is 46.5 Å². The highest BCUT2D eigenvalue weighted by molar-refractivity contribution is 6.00. The molecule has 0 atom stereocenters. The number of rotatable bonds is 3. The average molecular weight is 285 g/mol. The number of nitro groups is 1. The summed E-state index contributed by atoms with van der Waals surface area (Å²) in [6, 6.07) is 11.1. The van der Waals surface area contributed by atoms with Crippen LogP contribution in [0.4, 0.5) is 11.4 Å². The van der Waals surface area contributed by atoms with Crippen LogP contribution in [0.3, 0.4) is 0 Å². The summed E-state index contributed by atoms with van der Waals surface area (Å²) in [6.07, 6.45) is 0. The largest absolute Gasteiger partial charge is 0.368 e. The Labute approximate surface area is 123 Å². The number of hydrogen-bond acceptors (Lipinski definition) is 4. The van der Waals surface area contributed by atoms with Gasteiger partial charge in [0.1, 0.15) is 0 Å². The number of benzene rings is 2. The van der Waals surface area contributed by atoms with Gasteiger partial charge in [-0.05, 0) is 18.7 Å². The second kappa shape index (κ2) is 5.69. The lowest BCUT2D eigenvalue weighted by Crippen LogP contribution is -2.46. The van der Waals surface area contributed by atoms with Gasteiger partial charge in [0.25, 0.3) is 5.69 Å². The SMILES string of the molecule is CCN1CCN(c2ccc([N+](=O)[O-])c3ccccc23)CC1. The highest BCUT2D eigenvalue weighted by atomic mass is 16.6. The van der Waals surface area contributed by atoms with E-state index < -0.39 is 0 Å². The van der Waals surface area contributed by atoms with Crippen molar-refractivity contribution in [2.24, 2.45) is 0 Å². The summed E-state index contributed by atoms with van der Waals surface area (Å²) in [5, 5.41) is 12.9. The quantitative estimate of drug-likeness (QED) is 0.642. The molecule has 5 heteroatoms. The number of fused-ring (bicyclic) bond motifs is 1. The first-order valence-electron chi connectivity index (χ1n) is 7.34. The van der Waals surface area contributed by atoms with E-state index in [-0.39, 0.29) is 10.6 Å². The third kappa shape index (κ3) is 2.56. The van der Waals surface area contributed by atoms with Crippen LogP contribution in [0.2, 0.25) is 0 Å². The summed E-state index contributed by atoms with van der Waals surface area (Å²) in [5.41, 5.74) is 1.29. The molecule has 5 nitrogen and oxygen atoms in total. The zero-order chi connectivity index (χ0) is 14.8. The molecule has 2 aromatic rings. The second-order valence-electron chi connectivity index (χ2n) is 5.33. The van der Waals surface area contributed by atoms with Gasteiger partial charge in [-0.15, -0.1) is 0 Å². The molecule has 3 rings (SSSR count). The molecule has 21 heavy (non-hydrogen) atoms. The molecule has 1 aliphatic heterocycles. The molecule has 1 heterocycles. The third-order valence-electron chi connectivity index (χ3n) is 4.23. The van der Waals surface area contributed by atoms with Crippen LogP contribution in [-0.4, -0.2) is 42.5 Å². The molecule has 1 fully saturated rings. The molecule has 0 saturated carbocycles. The van der Waals surface area contributed by atoms with Crippen LogP contribution in [-0.2, 0) is 0 Å². The molecular formula is C16H19N3O2. The molecule has 0 spiro atoms. The summed E-state index contributed by atoms with van der Waals surface area (Å²) >= 11 is 0. The minimum atomic E-state index is -0.304. The minimum absolute atomic E-state index is 0.182. The summed E-state index contributed by atoms with van der Waals surface area (Å²) in [4.78, 5) is 15.6. The summed E-state index contributed by atoms with van der Waals surface area (Å²) < 4.78 is 0. The van der Waals surface area contributed by atoms with Gasteiger partial charge in [-0.25, -0.2) is 0 Å². The van der Waals surface area contributed by atoms with E-state index in [0.29, 0.717) is 0 Å². The van der Waals surface area contributed by atoms with Gasteiger partial charge in [-0.2, -0.15) is 0 Å². The van der Waals surface area contributed by atoms with Crippen molar-refractivity contribution in [2.75, 3.05) is 37.6 Å². The monoisotopic (exact) mass is 285 g/mol. The Morgan fingerprint density at radius 2 is 1.71 bits per heavy atom. The van der Waals surface area contributed by atoms with Crippen molar-refractivity contribution in [2.45, 2.75) is 6.92 Å². The highest BCUT2D eigenvalue weighted by Gasteiger charge is 2.20. The maximum absolute atomic E-state index is 11.2. The Hall–Kier alpha value is -2.14. The predicted octanol–water partition coefficient (Wildman–Crippen LogP) is 2.89. The van der Waals surface area contributed by atoms with Gasteiger partial charge in [0.05, 0.1) is 10.3 Å². The standard InChI is InChI=1S/C16H19N3O2/c1-2-17-9-11-18(12-10-17)15-7-8-16(19(20)21)14-6-4-3-5-13(14)15/h3-8H,2,9-12H2,1H3. The van der Waals surface area contributed by atoms with Crippen LogP contribution in [0.5, 0.6) is 0 Å². The Kier molecular flexibility index (Phi) is 3.75. The molecule has 0 bridgehead atoms. The van der Waals surface area contributed by atoms with E-state index in [4.69, 9.17) is 0 Å². The molecule has 110 valence electrons. The topological polar surface area (TPSA) is 49.6 Å². The molecule has 1 saturated heterocycles. The first-order chi connectivity index (χ1) is 10.2. The van der Waals surface area contributed by atoms with Crippen LogP contribution < -0.4 is 4.90 Å². The lowest BCUT2D eigenvalue weighted by molar-refractivity contribution is -0.383. The summed E-state index contributed by atoms with van der Waals surface area (Å²) in [5.74, 6) is 0. The Morgan fingerprint density at radius 3 is 2.33 bits per heavy atom. The minimum Gasteiger partial charge on any atom is -0.368 e. The van der Waals surface area contributed by atoms with Gasteiger partial charge in [0.15, 0.2) is 0 Å². The van der Waals surface area contributed by atoms with Crippen LogP contribution in [0.25, 0.3) is 10.8 Å². The van der Waals surface area contributed by atoms with Crippen LogP contribution in [0.1, 0.15) is 6.92 Å². The number of hydrogen-bond donors (Lipinski definition) is 0. The first kappa shape index (κ1) is 13.8. The lowest BCUT2D eigenvalue weighted by atomic mass is 10.1. The van der Waals surface area contributed by atoms with E-state index in [2.05, 4.69) is 16.7 Å². The van der Waals surface area contributed by atoms with Crippen molar-refractivity contribution in [3.8, 4) is 0 Å². The van der Waals surface area contributed by atoms with E-state index in [9.17, 15) is 10.1 Å². The summed E-state index contributed by atoms with van der Waals surface area (Å²) in [7, 11) is 0. The lowest BCUT2D eigenvalue weighted by Gasteiger charge is -2.36. The van der Waals surface area contributed by atoms with Crippen molar-refractivity contribution >= 4 is 22.1 Å². The van der Waals surface area contributed by atoms with Gasteiger partial charge < -0.3 is 9.80 Å². The van der Waals surface area contributed by atoms with Gasteiger partial charge in [0.2, 0.25) is 0 Å². The maximum Gasteiger partial charge on any atom is 0.277 e. The van der Waals surface area contributed by atoms with Gasteiger partial charge >= 0.3 is 0 Å². The number of non-ortho nitro benzene ring substituents is 1. The first-order valence-corrected chi connectivity index (χ1v) is 7.34. The smallest absolute Gasteiger partial charge is 0.277 e. The predicted molar refractivity (Wildman–Crippen MR) is 84.9 cm³/mol. The number of nitrogens with zero attached hydrogens (tertiary/aromatic N) is 3. The van der Waals surface area contributed by atoms with Crippen LogP contribution in [0, 0.1) is 10.1 Å². The second-order valence-corrected chi connectivity index (χ2v) is 5.33. The van der Waals surface area contributed by atoms with E-state index in [1.165, 1.54) is 0 Å². The molecule has 0 unspecified atom stereocenters. The Morgan fingerprint density at radius 1 is 1.05 bits per heavy atom.